The smallest absolute Gasteiger partial charge is 0.248 e. The van der Waals surface area contributed by atoms with Crippen LogP contribution in [0, 0.1) is 17.8 Å². The number of likely N-dealkylation sites (tertiary alicyclic amines) is 1. The Bertz CT molecular complexity index is 1360. The average Bonchev–Trinajstić information content (AvgIpc) is 3.56. The molecule has 2 bridgehead atoms. The molecule has 2 aromatic carbocycles. The van der Waals surface area contributed by atoms with E-state index in [9.17, 15) is 19.5 Å². The number of aliphatic hydroxyl groups excluding tert-OH is 1. The first kappa shape index (κ1) is 32.2. The van der Waals surface area contributed by atoms with Crippen LogP contribution in [0.15, 0.2) is 48.5 Å². The van der Waals surface area contributed by atoms with Crippen LogP contribution >= 0.6 is 11.8 Å². The number of hydrogen-bond donors (Lipinski definition) is 3. The molecule has 2 unspecified atom stereocenters. The number of benzene rings is 2. The summed E-state index contributed by atoms with van der Waals surface area (Å²) in [5.74, 6) is -1.40. The van der Waals surface area contributed by atoms with Gasteiger partial charge in [-0.2, -0.15) is 0 Å². The van der Waals surface area contributed by atoms with Crippen molar-refractivity contribution in [3.63, 3.8) is 0 Å². The summed E-state index contributed by atoms with van der Waals surface area (Å²) in [7, 11) is 0. The lowest BCUT2D eigenvalue weighted by Crippen LogP contribution is -2.56. The van der Waals surface area contributed by atoms with Gasteiger partial charge in [-0.15, -0.1) is 11.8 Å². The minimum atomic E-state index is -0.822. The van der Waals surface area contributed by atoms with Crippen molar-refractivity contribution < 1.29 is 24.2 Å². The number of rotatable bonds is 12. The van der Waals surface area contributed by atoms with E-state index in [4.69, 9.17) is 4.74 Å². The molecule has 3 N–H and O–H groups in total. The molecule has 3 aliphatic heterocycles. The van der Waals surface area contributed by atoms with Gasteiger partial charge in [-0.25, -0.2) is 0 Å². The van der Waals surface area contributed by atoms with Crippen LogP contribution in [0.3, 0.4) is 0 Å². The lowest BCUT2D eigenvalue weighted by Gasteiger charge is -2.38. The SMILES string of the molecule is CCOc1ccc(NC(=O)[C@@H]2[C@H]3C(=O)N([C@@H](CO)C(C)C)C(C(=O)Nc4ccc(N(CC)CC)cc4)C34CC[C@@]2(C)S4)cc1. The summed E-state index contributed by atoms with van der Waals surface area (Å²) in [4.78, 5) is 46.6. The van der Waals surface area contributed by atoms with E-state index < -0.39 is 33.4 Å². The molecule has 238 valence electrons. The molecule has 0 aliphatic carbocycles. The van der Waals surface area contributed by atoms with Crippen molar-refractivity contribution >= 4 is 46.5 Å². The summed E-state index contributed by atoms with van der Waals surface area (Å²) < 4.78 is 4.25. The van der Waals surface area contributed by atoms with Crippen molar-refractivity contribution in [2.75, 3.05) is 41.8 Å². The van der Waals surface area contributed by atoms with Crippen molar-refractivity contribution in [3.8, 4) is 5.75 Å². The van der Waals surface area contributed by atoms with Gasteiger partial charge in [0.05, 0.1) is 35.8 Å². The second-order valence-electron chi connectivity index (χ2n) is 12.6. The number of ether oxygens (including phenoxy) is 1. The summed E-state index contributed by atoms with van der Waals surface area (Å²) in [5.41, 5.74) is 2.35. The fourth-order valence-corrected chi connectivity index (χ4v) is 9.96. The van der Waals surface area contributed by atoms with Crippen molar-refractivity contribution in [1.82, 2.24) is 4.90 Å². The van der Waals surface area contributed by atoms with Gasteiger partial charge >= 0.3 is 0 Å². The molecule has 6 atom stereocenters. The Labute approximate surface area is 265 Å². The van der Waals surface area contributed by atoms with Gasteiger partial charge < -0.3 is 30.3 Å². The van der Waals surface area contributed by atoms with Crippen LogP contribution in [0.1, 0.15) is 54.4 Å². The summed E-state index contributed by atoms with van der Waals surface area (Å²) in [6.07, 6.45) is 1.35. The maximum Gasteiger partial charge on any atom is 0.248 e. The Morgan fingerprint density at radius 2 is 1.59 bits per heavy atom. The Hall–Kier alpha value is -3.24. The van der Waals surface area contributed by atoms with E-state index in [1.54, 1.807) is 28.8 Å². The molecule has 1 spiro atoms. The average molecular weight is 623 g/mol. The number of aliphatic hydroxyl groups is 1. The van der Waals surface area contributed by atoms with Crippen molar-refractivity contribution in [2.45, 2.75) is 76.0 Å². The van der Waals surface area contributed by atoms with E-state index in [1.807, 2.05) is 57.2 Å². The second kappa shape index (κ2) is 12.6. The largest absolute Gasteiger partial charge is 0.494 e. The Kier molecular flexibility index (Phi) is 9.23. The van der Waals surface area contributed by atoms with Crippen molar-refractivity contribution in [1.29, 1.82) is 0 Å². The highest BCUT2D eigenvalue weighted by molar-refractivity contribution is 8.02. The third-order valence-electron chi connectivity index (χ3n) is 9.76. The number of hydrogen-bond acceptors (Lipinski definition) is 7. The molecule has 2 aromatic rings. The highest BCUT2D eigenvalue weighted by Crippen LogP contribution is 2.71. The topological polar surface area (TPSA) is 111 Å². The fourth-order valence-electron chi connectivity index (χ4n) is 7.62. The number of nitrogens with one attached hydrogen (secondary N) is 2. The highest BCUT2D eigenvalue weighted by atomic mass is 32.2. The lowest BCUT2D eigenvalue weighted by molar-refractivity contribution is -0.142. The van der Waals surface area contributed by atoms with Crippen molar-refractivity contribution in [3.05, 3.63) is 48.5 Å². The van der Waals surface area contributed by atoms with Crippen LogP contribution in [0.25, 0.3) is 0 Å². The van der Waals surface area contributed by atoms with Gasteiger partial charge in [0.1, 0.15) is 11.8 Å². The molecule has 0 radical (unpaired) electrons. The first-order valence-corrected chi connectivity index (χ1v) is 16.7. The molecular weight excluding hydrogens is 576 g/mol. The lowest BCUT2D eigenvalue weighted by atomic mass is 9.66. The molecule has 3 heterocycles. The van der Waals surface area contributed by atoms with Gasteiger partial charge in [-0.05, 0) is 95.0 Å². The summed E-state index contributed by atoms with van der Waals surface area (Å²) >= 11 is 1.62. The third-order valence-corrected chi connectivity index (χ3v) is 11.7. The summed E-state index contributed by atoms with van der Waals surface area (Å²) in [6, 6.07) is 13.6. The molecule has 0 aromatic heterocycles. The Morgan fingerprint density at radius 1 is 1.00 bits per heavy atom. The number of nitrogens with zero attached hydrogens (tertiary/aromatic N) is 2. The first-order chi connectivity index (χ1) is 21.0. The van der Waals surface area contributed by atoms with E-state index >= 15 is 0 Å². The van der Waals surface area contributed by atoms with Crippen LogP contribution in [0.4, 0.5) is 17.1 Å². The molecule has 3 aliphatic rings. The molecule has 3 amide bonds. The molecular formula is C34H46N4O5S. The molecule has 5 rings (SSSR count). The Balaban J connectivity index is 1.47. The van der Waals surface area contributed by atoms with Crippen LogP contribution < -0.4 is 20.3 Å². The number of amides is 3. The summed E-state index contributed by atoms with van der Waals surface area (Å²) in [5, 5.41) is 16.6. The molecule has 10 heteroatoms. The minimum Gasteiger partial charge on any atom is -0.494 e. The zero-order valence-electron chi connectivity index (χ0n) is 26.6. The van der Waals surface area contributed by atoms with Crippen molar-refractivity contribution in [2.24, 2.45) is 17.8 Å². The number of carbonyl (C=O) groups is 3. The number of thioether (sulfide) groups is 1. The first-order valence-electron chi connectivity index (χ1n) is 15.9. The minimum absolute atomic E-state index is 0.0863. The van der Waals surface area contributed by atoms with Gasteiger partial charge in [0, 0.05) is 34.9 Å². The zero-order valence-corrected chi connectivity index (χ0v) is 27.4. The molecule has 44 heavy (non-hydrogen) atoms. The molecule has 0 saturated carbocycles. The standard InChI is InChI=1S/C34H46N4O5S/c1-7-37(8-2)24-14-10-22(11-15-24)36-31(41)29-34-19-18-33(6,44-34)27(28(34)32(42)38(29)26(20-39)21(4)5)30(40)35-23-12-16-25(17-13-23)43-9-3/h10-17,21,26-29,39H,7-9,18-20H2,1-6H3,(H,35,40)(H,36,41)/t26-,27-,28-,29?,33+,34?/m0/s1. The van der Waals surface area contributed by atoms with E-state index in [0.717, 1.165) is 18.8 Å². The summed E-state index contributed by atoms with van der Waals surface area (Å²) in [6.45, 7) is 14.1. The van der Waals surface area contributed by atoms with Crippen LogP contribution in [-0.2, 0) is 14.4 Å². The maximum absolute atomic E-state index is 14.5. The second-order valence-corrected chi connectivity index (χ2v) is 14.5. The molecule has 3 fully saturated rings. The predicted octanol–water partition coefficient (Wildman–Crippen LogP) is 5.01. The monoisotopic (exact) mass is 622 g/mol. The van der Waals surface area contributed by atoms with Gasteiger partial charge in [-0.1, -0.05) is 13.8 Å². The number of anilines is 3. The van der Waals surface area contributed by atoms with Gasteiger partial charge in [0.15, 0.2) is 0 Å². The number of carbonyl (C=O) groups excluding carboxylic acids is 3. The third kappa shape index (κ3) is 5.44. The van der Waals surface area contributed by atoms with E-state index in [0.29, 0.717) is 36.6 Å². The quantitative estimate of drug-likeness (QED) is 0.305. The normalized spacial score (nSPS) is 27.8. The van der Waals surface area contributed by atoms with Crippen LogP contribution in [0.5, 0.6) is 5.75 Å². The van der Waals surface area contributed by atoms with Gasteiger partial charge in [0.2, 0.25) is 17.7 Å². The molecule has 9 nitrogen and oxygen atoms in total. The Morgan fingerprint density at radius 3 is 2.14 bits per heavy atom. The van der Waals surface area contributed by atoms with Crippen LogP contribution in [0.2, 0.25) is 0 Å². The van der Waals surface area contributed by atoms with Gasteiger partial charge in [0.25, 0.3) is 0 Å². The zero-order chi connectivity index (χ0) is 31.8. The van der Waals surface area contributed by atoms with E-state index in [2.05, 4.69) is 36.3 Å². The number of fused-ring (bicyclic) bond motifs is 1. The van der Waals surface area contributed by atoms with Crippen LogP contribution in [-0.4, -0.2) is 75.6 Å². The molecule has 3 saturated heterocycles. The highest BCUT2D eigenvalue weighted by Gasteiger charge is 2.77. The fraction of sp³-hybridized carbons (Fsp3) is 0.559. The predicted molar refractivity (Wildman–Crippen MR) is 176 cm³/mol. The van der Waals surface area contributed by atoms with E-state index in [1.165, 1.54) is 0 Å². The van der Waals surface area contributed by atoms with Gasteiger partial charge in [-0.3, -0.25) is 14.4 Å². The van der Waals surface area contributed by atoms with E-state index in [-0.39, 0.29) is 30.2 Å². The maximum atomic E-state index is 14.5.